The molecule has 1 rings (SSSR count). The van der Waals surface area contributed by atoms with Crippen molar-refractivity contribution < 1.29 is 14.4 Å². The van der Waals surface area contributed by atoms with E-state index in [1.54, 1.807) is 0 Å². The number of hydrogen-bond donors (Lipinski definition) is 2. The van der Waals surface area contributed by atoms with Gasteiger partial charge in [0.1, 0.15) is 5.54 Å². The summed E-state index contributed by atoms with van der Waals surface area (Å²) in [6.07, 6.45) is 4.17. The van der Waals surface area contributed by atoms with Gasteiger partial charge in [-0.25, -0.2) is 0 Å². The van der Waals surface area contributed by atoms with Gasteiger partial charge >= 0.3 is 0 Å². The Labute approximate surface area is 82.0 Å². The summed E-state index contributed by atoms with van der Waals surface area (Å²) in [5.74, 6) is -1.65. The highest BCUT2D eigenvalue weighted by Crippen LogP contribution is 2.28. The van der Waals surface area contributed by atoms with Gasteiger partial charge in [-0.2, -0.15) is 0 Å². The Morgan fingerprint density at radius 2 is 1.79 bits per heavy atom. The zero-order chi connectivity index (χ0) is 10.6. The smallest absolute Gasteiger partial charge is 0.287 e. The molecule has 1 aliphatic rings. The Bertz CT molecular complexity index is 257. The van der Waals surface area contributed by atoms with Gasteiger partial charge in [-0.1, -0.05) is 19.3 Å². The maximum atomic E-state index is 11.5. The molecule has 5 nitrogen and oxygen atoms in total. The first-order chi connectivity index (χ1) is 6.62. The average molecular weight is 198 g/mol. The number of ketones is 1. The van der Waals surface area contributed by atoms with Crippen LogP contribution in [0.5, 0.6) is 0 Å². The van der Waals surface area contributed by atoms with Crippen molar-refractivity contribution in [1.82, 2.24) is 5.32 Å². The molecule has 5 heteroatoms. The molecule has 0 aromatic heterocycles. The van der Waals surface area contributed by atoms with Crippen molar-refractivity contribution in [2.45, 2.75) is 37.6 Å². The van der Waals surface area contributed by atoms with Crippen LogP contribution in [0.15, 0.2) is 0 Å². The van der Waals surface area contributed by atoms with Crippen LogP contribution in [0.2, 0.25) is 0 Å². The predicted octanol–water partition coefficient (Wildman–Crippen LogP) is -0.510. The summed E-state index contributed by atoms with van der Waals surface area (Å²) < 4.78 is 0. The predicted molar refractivity (Wildman–Crippen MR) is 49.2 cm³/mol. The Kier molecular flexibility index (Phi) is 3.22. The molecular weight excluding hydrogens is 184 g/mol. The van der Waals surface area contributed by atoms with Gasteiger partial charge in [0.2, 0.25) is 12.2 Å². The highest BCUT2D eigenvalue weighted by molar-refractivity contribution is 6.39. The number of amides is 2. The number of nitrogens with one attached hydrogen (secondary N) is 1. The monoisotopic (exact) mass is 198 g/mol. The van der Waals surface area contributed by atoms with E-state index in [9.17, 15) is 14.4 Å². The first-order valence-electron chi connectivity index (χ1n) is 4.68. The van der Waals surface area contributed by atoms with Crippen molar-refractivity contribution in [3.05, 3.63) is 0 Å². The first-order valence-corrected chi connectivity index (χ1v) is 4.68. The number of hydrogen-bond acceptors (Lipinski definition) is 3. The maximum absolute atomic E-state index is 11.5. The van der Waals surface area contributed by atoms with E-state index in [0.29, 0.717) is 19.3 Å². The largest absolute Gasteiger partial charge is 0.363 e. The summed E-state index contributed by atoms with van der Waals surface area (Å²) in [4.78, 5) is 32.7. The number of rotatable bonds is 4. The van der Waals surface area contributed by atoms with Gasteiger partial charge in [0, 0.05) is 0 Å². The van der Waals surface area contributed by atoms with E-state index in [0.717, 1.165) is 19.3 Å². The lowest BCUT2D eigenvalue weighted by atomic mass is 9.78. The minimum Gasteiger partial charge on any atom is -0.363 e. The quantitative estimate of drug-likeness (QED) is 0.471. The molecule has 1 fully saturated rings. The van der Waals surface area contributed by atoms with E-state index in [-0.39, 0.29) is 0 Å². The van der Waals surface area contributed by atoms with E-state index in [2.05, 4.69) is 5.32 Å². The lowest BCUT2D eigenvalue weighted by Crippen LogP contribution is -2.56. The molecule has 2 amide bonds. The molecule has 0 aliphatic heterocycles. The molecule has 0 radical (unpaired) electrons. The molecule has 0 saturated heterocycles. The molecule has 0 aromatic carbocycles. The van der Waals surface area contributed by atoms with Crippen LogP contribution in [-0.2, 0) is 14.4 Å². The van der Waals surface area contributed by atoms with Gasteiger partial charge in [0.25, 0.3) is 5.91 Å². The molecule has 78 valence electrons. The van der Waals surface area contributed by atoms with Gasteiger partial charge in [-0.15, -0.1) is 0 Å². The number of carbonyl (C=O) groups is 3. The van der Waals surface area contributed by atoms with Crippen molar-refractivity contribution in [1.29, 1.82) is 0 Å². The topological polar surface area (TPSA) is 89.3 Å². The molecule has 1 aliphatic carbocycles. The lowest BCUT2D eigenvalue weighted by Gasteiger charge is -2.33. The van der Waals surface area contributed by atoms with Gasteiger partial charge in [0.05, 0.1) is 0 Å². The first kappa shape index (κ1) is 10.7. The zero-order valence-corrected chi connectivity index (χ0v) is 7.91. The Balaban J connectivity index is 2.84. The van der Waals surface area contributed by atoms with E-state index < -0.39 is 17.2 Å². The fraction of sp³-hybridized carbons (Fsp3) is 0.667. The average Bonchev–Trinajstić information content (AvgIpc) is 2.18. The molecular formula is C9H14N2O3. The fourth-order valence-electron chi connectivity index (χ4n) is 1.94. The molecule has 14 heavy (non-hydrogen) atoms. The number of nitrogens with two attached hydrogens (primary N) is 1. The Morgan fingerprint density at radius 1 is 1.21 bits per heavy atom. The van der Waals surface area contributed by atoms with Crippen molar-refractivity contribution in [2.24, 2.45) is 5.73 Å². The molecule has 0 unspecified atom stereocenters. The van der Waals surface area contributed by atoms with Crippen molar-refractivity contribution >= 4 is 18.1 Å². The van der Waals surface area contributed by atoms with Gasteiger partial charge < -0.3 is 11.1 Å². The molecule has 0 heterocycles. The van der Waals surface area contributed by atoms with Crippen LogP contribution in [0, 0.1) is 0 Å². The van der Waals surface area contributed by atoms with E-state index in [4.69, 9.17) is 5.73 Å². The molecule has 3 N–H and O–H groups in total. The molecule has 0 atom stereocenters. The van der Waals surface area contributed by atoms with E-state index >= 15 is 0 Å². The fourth-order valence-corrected chi connectivity index (χ4v) is 1.94. The van der Waals surface area contributed by atoms with Gasteiger partial charge in [-0.05, 0) is 12.8 Å². The van der Waals surface area contributed by atoms with E-state index in [1.165, 1.54) is 0 Å². The molecule has 0 bridgehead atoms. The molecule has 1 saturated carbocycles. The highest BCUT2D eigenvalue weighted by atomic mass is 16.2. The number of primary amides is 1. The summed E-state index contributed by atoms with van der Waals surface area (Å²) in [6, 6.07) is 0. The van der Waals surface area contributed by atoms with Crippen molar-refractivity contribution in [3.8, 4) is 0 Å². The van der Waals surface area contributed by atoms with Gasteiger partial charge in [-0.3, -0.25) is 14.4 Å². The maximum Gasteiger partial charge on any atom is 0.287 e. The third-order valence-electron chi connectivity index (χ3n) is 2.70. The summed E-state index contributed by atoms with van der Waals surface area (Å²) in [6.45, 7) is 0. The summed E-state index contributed by atoms with van der Waals surface area (Å²) in [5, 5.41) is 2.45. The van der Waals surface area contributed by atoms with Crippen LogP contribution in [0.1, 0.15) is 32.1 Å². The molecule has 0 aromatic rings. The summed E-state index contributed by atoms with van der Waals surface area (Å²) in [7, 11) is 0. The van der Waals surface area contributed by atoms with Crippen LogP contribution >= 0.6 is 0 Å². The van der Waals surface area contributed by atoms with Crippen LogP contribution in [-0.4, -0.2) is 23.6 Å². The third-order valence-corrected chi connectivity index (χ3v) is 2.70. The molecule has 0 spiro atoms. The second-order valence-electron chi connectivity index (χ2n) is 3.60. The van der Waals surface area contributed by atoms with Crippen LogP contribution in [0.25, 0.3) is 0 Å². The normalized spacial score (nSPS) is 19.7. The lowest BCUT2D eigenvalue weighted by molar-refractivity contribution is -0.141. The summed E-state index contributed by atoms with van der Waals surface area (Å²) in [5.41, 5.74) is 3.92. The number of Topliss-reactive ketones (excluding diaryl/α,β-unsaturated/α-hetero) is 1. The highest BCUT2D eigenvalue weighted by Gasteiger charge is 2.41. The van der Waals surface area contributed by atoms with Crippen LogP contribution < -0.4 is 11.1 Å². The number of carbonyl (C=O) groups excluding carboxylic acids is 3. The van der Waals surface area contributed by atoms with E-state index in [1.807, 2.05) is 0 Å². The standard InChI is InChI=1S/C9H14N2O3/c10-8(14)7(13)9(11-6-12)4-2-1-3-5-9/h6H,1-5H2,(H2,10,14)(H,11,12). The summed E-state index contributed by atoms with van der Waals surface area (Å²) >= 11 is 0. The minimum atomic E-state index is -1.02. The minimum absolute atomic E-state index is 0.464. The Hall–Kier alpha value is -1.39. The van der Waals surface area contributed by atoms with Crippen LogP contribution in [0.4, 0.5) is 0 Å². The zero-order valence-electron chi connectivity index (χ0n) is 7.91. The Morgan fingerprint density at radius 3 is 2.21 bits per heavy atom. The van der Waals surface area contributed by atoms with Crippen molar-refractivity contribution in [2.75, 3.05) is 0 Å². The second kappa shape index (κ2) is 4.21. The van der Waals surface area contributed by atoms with Gasteiger partial charge in [0.15, 0.2) is 0 Å². The third kappa shape index (κ3) is 1.92. The second-order valence-corrected chi connectivity index (χ2v) is 3.60. The SMILES string of the molecule is NC(=O)C(=O)C1(NC=O)CCCCC1. The van der Waals surface area contributed by atoms with Crippen LogP contribution in [0.3, 0.4) is 0 Å². The van der Waals surface area contributed by atoms with Crippen molar-refractivity contribution in [3.63, 3.8) is 0 Å².